The second kappa shape index (κ2) is 12.8. The summed E-state index contributed by atoms with van der Waals surface area (Å²) in [5, 5.41) is 7.74. The van der Waals surface area contributed by atoms with Crippen molar-refractivity contribution in [2.45, 2.75) is 64.5 Å². The molecule has 1 saturated carbocycles. The van der Waals surface area contributed by atoms with Gasteiger partial charge in [0, 0.05) is 31.0 Å². The minimum absolute atomic E-state index is 0.0374. The van der Waals surface area contributed by atoms with E-state index >= 15 is 0 Å². The van der Waals surface area contributed by atoms with Crippen molar-refractivity contribution in [3.8, 4) is 17.0 Å². The first-order valence-electron chi connectivity index (χ1n) is 14.6. The number of pyridine rings is 1. The minimum atomic E-state index is -0.336. The molecular formula is C30H39N9O4. The summed E-state index contributed by atoms with van der Waals surface area (Å²) < 4.78 is 13.6. The molecule has 13 nitrogen and oxygen atoms in total. The van der Waals surface area contributed by atoms with E-state index in [1.807, 2.05) is 50.9 Å². The number of carbonyl (C=O) groups is 2. The molecule has 0 atom stereocenters. The summed E-state index contributed by atoms with van der Waals surface area (Å²) in [4.78, 5) is 37.0. The molecule has 2 amide bonds. The number of nitrogens with two attached hydrogens (primary N) is 1. The smallest absolute Gasteiger partial charge is 0.349 e. The quantitative estimate of drug-likeness (QED) is 0.337. The molecular weight excluding hydrogens is 550 g/mol. The fraction of sp³-hybridized carbons (Fsp3) is 0.467. The summed E-state index contributed by atoms with van der Waals surface area (Å²) in [5.41, 5.74) is 8.91. The number of ether oxygens (including phenoxy) is 2. The van der Waals surface area contributed by atoms with E-state index < -0.39 is 0 Å². The van der Waals surface area contributed by atoms with Crippen molar-refractivity contribution in [2.75, 3.05) is 32.7 Å². The number of amides is 2. The fourth-order valence-electron chi connectivity index (χ4n) is 5.35. The van der Waals surface area contributed by atoms with Crippen LogP contribution < -0.4 is 10.5 Å². The number of anilines is 1. The molecule has 43 heavy (non-hydrogen) atoms. The van der Waals surface area contributed by atoms with Crippen LogP contribution in [-0.4, -0.2) is 90.0 Å². The Morgan fingerprint density at radius 3 is 2.65 bits per heavy atom. The second-order valence-corrected chi connectivity index (χ2v) is 11.4. The Labute approximate surface area is 250 Å². The molecule has 0 radical (unpaired) electrons. The lowest BCUT2D eigenvalue weighted by atomic mass is 9.95. The van der Waals surface area contributed by atoms with Crippen LogP contribution in [0, 0.1) is 0 Å². The SMILES string of the molecule is CC1(C)COCN1C(=O)n1nnc2ncccc21.CCOc1ccc(-c2cn(C(=O)N(C)C3CCCCC3)cn2)cc1N. The van der Waals surface area contributed by atoms with E-state index in [2.05, 4.69) is 20.3 Å². The van der Waals surface area contributed by atoms with Crippen LogP contribution in [0.1, 0.15) is 52.9 Å². The highest BCUT2D eigenvalue weighted by atomic mass is 16.5. The van der Waals surface area contributed by atoms with Crippen LogP contribution in [0.5, 0.6) is 5.75 Å². The first-order chi connectivity index (χ1) is 20.7. The molecule has 13 heteroatoms. The highest BCUT2D eigenvalue weighted by Crippen LogP contribution is 2.28. The average molecular weight is 590 g/mol. The molecule has 3 aromatic heterocycles. The summed E-state index contributed by atoms with van der Waals surface area (Å²) in [6, 6.07) is 9.14. The van der Waals surface area contributed by atoms with Gasteiger partial charge in [0.05, 0.1) is 30.1 Å². The molecule has 1 aliphatic heterocycles. The van der Waals surface area contributed by atoms with Crippen molar-refractivity contribution < 1.29 is 19.1 Å². The molecule has 1 aromatic carbocycles. The number of nitrogens with zero attached hydrogens (tertiary/aromatic N) is 8. The minimum Gasteiger partial charge on any atom is -0.492 e. The van der Waals surface area contributed by atoms with Crippen molar-refractivity contribution in [3.63, 3.8) is 0 Å². The number of fused-ring (bicyclic) bond motifs is 1. The Kier molecular flexibility index (Phi) is 8.90. The van der Waals surface area contributed by atoms with Crippen molar-refractivity contribution in [1.29, 1.82) is 0 Å². The molecule has 228 valence electrons. The van der Waals surface area contributed by atoms with Gasteiger partial charge in [0.1, 0.15) is 24.3 Å². The summed E-state index contributed by atoms with van der Waals surface area (Å²) in [6.07, 6.45) is 10.8. The Bertz CT molecular complexity index is 1570. The maximum atomic E-state index is 12.7. The number of imidazole rings is 1. The zero-order chi connectivity index (χ0) is 30.6. The van der Waals surface area contributed by atoms with Crippen LogP contribution in [0.25, 0.3) is 22.4 Å². The van der Waals surface area contributed by atoms with Crippen LogP contribution in [0.2, 0.25) is 0 Å². The van der Waals surface area contributed by atoms with Gasteiger partial charge in [0.15, 0.2) is 0 Å². The molecule has 2 N–H and O–H groups in total. The molecule has 6 rings (SSSR count). The average Bonchev–Trinajstić information content (AvgIpc) is 3.76. The maximum absolute atomic E-state index is 12.7. The molecule has 2 fully saturated rings. The predicted molar refractivity (Wildman–Crippen MR) is 162 cm³/mol. The summed E-state index contributed by atoms with van der Waals surface area (Å²) >= 11 is 0. The normalized spacial score (nSPS) is 16.5. The van der Waals surface area contributed by atoms with E-state index in [-0.39, 0.29) is 24.3 Å². The zero-order valence-corrected chi connectivity index (χ0v) is 25.1. The monoisotopic (exact) mass is 589 g/mol. The van der Waals surface area contributed by atoms with Gasteiger partial charge < -0.3 is 20.1 Å². The molecule has 0 bridgehead atoms. The molecule has 4 aromatic rings. The predicted octanol–water partition coefficient (Wildman–Crippen LogP) is 4.63. The van der Waals surface area contributed by atoms with Crippen LogP contribution in [0.15, 0.2) is 49.1 Å². The first kappa shape index (κ1) is 30.0. The van der Waals surface area contributed by atoms with Crippen molar-refractivity contribution in [2.24, 2.45) is 0 Å². The third-order valence-electron chi connectivity index (χ3n) is 7.87. The largest absolute Gasteiger partial charge is 0.492 e. The van der Waals surface area contributed by atoms with Gasteiger partial charge in [0.2, 0.25) is 5.65 Å². The summed E-state index contributed by atoms with van der Waals surface area (Å²) in [7, 11) is 1.88. The van der Waals surface area contributed by atoms with Crippen molar-refractivity contribution in [3.05, 3.63) is 49.1 Å². The van der Waals surface area contributed by atoms with Gasteiger partial charge in [-0.25, -0.2) is 19.6 Å². The van der Waals surface area contributed by atoms with Gasteiger partial charge in [-0.15, -0.1) is 5.10 Å². The number of hydrogen-bond acceptors (Lipinski definition) is 9. The van der Waals surface area contributed by atoms with Crippen LogP contribution in [0.4, 0.5) is 15.3 Å². The van der Waals surface area contributed by atoms with E-state index in [4.69, 9.17) is 15.2 Å². The van der Waals surface area contributed by atoms with Gasteiger partial charge in [-0.3, -0.25) is 9.47 Å². The number of benzene rings is 1. The first-order valence-corrected chi connectivity index (χ1v) is 14.6. The number of aromatic nitrogens is 6. The molecule has 4 heterocycles. The number of hydrogen-bond donors (Lipinski definition) is 1. The van der Waals surface area contributed by atoms with E-state index in [9.17, 15) is 9.59 Å². The third-order valence-corrected chi connectivity index (χ3v) is 7.87. The summed E-state index contributed by atoms with van der Waals surface area (Å²) in [6.45, 7) is 7.19. The van der Waals surface area contributed by atoms with Gasteiger partial charge in [-0.05, 0) is 63.9 Å². The topological polar surface area (TPSA) is 147 Å². The van der Waals surface area contributed by atoms with E-state index in [0.29, 0.717) is 41.9 Å². The highest BCUT2D eigenvalue weighted by Gasteiger charge is 2.38. The zero-order valence-electron chi connectivity index (χ0n) is 25.1. The Morgan fingerprint density at radius 1 is 1.16 bits per heavy atom. The number of rotatable bonds is 4. The number of carbonyl (C=O) groups excluding carboxylic acids is 2. The standard InChI is InChI=1S/C19H26N4O2.C11H13N5O2/c1-3-25-18-10-9-14(11-16(18)20)17-12-23(13-21-17)19(24)22(2)15-7-5-4-6-8-15;1-11(2)6-18-7-15(11)10(17)16-8-4-3-5-12-9(8)13-14-16/h9-13,15H,3-8,20H2,1-2H3;3-5H,6-7H2,1-2H3. The Hall–Kier alpha value is -4.52. The Morgan fingerprint density at radius 2 is 1.95 bits per heavy atom. The molecule has 2 aliphatic rings. The molecule has 0 spiro atoms. The number of nitrogen functional groups attached to an aromatic ring is 1. The van der Waals surface area contributed by atoms with E-state index in [1.165, 1.54) is 23.9 Å². The van der Waals surface area contributed by atoms with Crippen LogP contribution in [0.3, 0.4) is 0 Å². The Balaban J connectivity index is 0.000000180. The third kappa shape index (κ3) is 6.46. The van der Waals surface area contributed by atoms with E-state index in [0.717, 1.165) is 24.1 Å². The van der Waals surface area contributed by atoms with Gasteiger partial charge in [-0.1, -0.05) is 24.5 Å². The van der Waals surface area contributed by atoms with Gasteiger partial charge >= 0.3 is 12.1 Å². The van der Waals surface area contributed by atoms with Crippen LogP contribution in [-0.2, 0) is 4.74 Å². The van der Waals surface area contributed by atoms with Gasteiger partial charge in [-0.2, -0.15) is 4.68 Å². The van der Waals surface area contributed by atoms with Gasteiger partial charge in [0.25, 0.3) is 0 Å². The maximum Gasteiger partial charge on any atom is 0.349 e. The molecule has 1 aliphatic carbocycles. The second-order valence-electron chi connectivity index (χ2n) is 11.4. The lowest BCUT2D eigenvalue weighted by Gasteiger charge is -2.31. The molecule has 0 unspecified atom stereocenters. The lowest BCUT2D eigenvalue weighted by Crippen LogP contribution is -2.46. The molecule has 1 saturated heterocycles. The van der Waals surface area contributed by atoms with Crippen molar-refractivity contribution >= 4 is 28.9 Å². The summed E-state index contributed by atoms with van der Waals surface area (Å²) in [5.74, 6) is 0.666. The fourth-order valence-corrected chi connectivity index (χ4v) is 5.35. The highest BCUT2D eigenvalue weighted by molar-refractivity contribution is 5.86. The lowest BCUT2D eigenvalue weighted by molar-refractivity contribution is 0.138. The van der Waals surface area contributed by atoms with E-state index in [1.54, 1.807) is 40.3 Å². The van der Waals surface area contributed by atoms with Crippen molar-refractivity contribution in [1.82, 2.24) is 39.3 Å². The van der Waals surface area contributed by atoms with Crippen LogP contribution >= 0.6 is 0 Å².